The van der Waals surface area contributed by atoms with Gasteiger partial charge in [0.1, 0.15) is 12.5 Å². The summed E-state index contributed by atoms with van der Waals surface area (Å²) in [7, 11) is 0. The highest BCUT2D eigenvalue weighted by Gasteiger charge is 2.20. The number of thiophene rings is 1. The van der Waals surface area contributed by atoms with Gasteiger partial charge in [0, 0.05) is 11.8 Å². The van der Waals surface area contributed by atoms with Crippen molar-refractivity contribution in [3.63, 3.8) is 0 Å². The molecule has 0 saturated carbocycles. The first-order chi connectivity index (χ1) is 16.8. The number of nitrogens with zero attached hydrogens (tertiary/aromatic N) is 3. The van der Waals surface area contributed by atoms with Crippen molar-refractivity contribution < 1.29 is 18.4 Å². The van der Waals surface area contributed by atoms with Crippen LogP contribution in [0.25, 0.3) is 16.8 Å². The van der Waals surface area contributed by atoms with Crippen LogP contribution in [0.15, 0.2) is 48.0 Å². The number of benzene rings is 1. The number of pyridine rings is 1. The minimum absolute atomic E-state index is 0.00785. The van der Waals surface area contributed by atoms with Crippen LogP contribution in [0.3, 0.4) is 0 Å². The molecule has 4 rings (SSSR count). The highest BCUT2D eigenvalue weighted by molar-refractivity contribution is 7.12. The summed E-state index contributed by atoms with van der Waals surface area (Å²) in [4.78, 5) is 30.3. The Bertz CT molecular complexity index is 1370. The number of nitrogen functional groups attached to an aromatic ring is 1. The first-order valence-electron chi connectivity index (χ1n) is 11.0. The van der Waals surface area contributed by atoms with Gasteiger partial charge in [-0.25, -0.2) is 13.3 Å². The molecule has 8 nitrogen and oxygen atoms in total. The lowest BCUT2D eigenvalue weighted by Crippen LogP contribution is -2.34. The van der Waals surface area contributed by atoms with Crippen molar-refractivity contribution in [1.29, 1.82) is 0 Å². The Morgan fingerprint density at radius 1 is 1.14 bits per heavy atom. The average molecular weight is 499 g/mol. The van der Waals surface area contributed by atoms with Gasteiger partial charge in [-0.1, -0.05) is 19.1 Å². The number of amides is 2. The number of alkyl halides is 1. The molecule has 0 bridgehead atoms. The number of carbonyl (C=O) groups is 2. The van der Waals surface area contributed by atoms with Crippen LogP contribution in [0, 0.1) is 5.82 Å². The van der Waals surface area contributed by atoms with Crippen molar-refractivity contribution >= 4 is 34.7 Å². The third-order valence-corrected chi connectivity index (χ3v) is 6.37. The number of halogens is 2. The highest BCUT2D eigenvalue weighted by atomic mass is 32.1. The standard InChI is InChI=1S/C24H24F2N6O2S/c1-3-19(14-4-6-17(26)7-5-14)29-23(34)20-9-16(12-35-20)15-8-18(22(33)28-13(2)10-25)21-30-24(27)31-32(21)11-15/h4-9,11-13,19H,3,10H2,1-2H3,(H2,27,31)(H,28,33)(H,29,34)/t13?,19-/m0/s1. The van der Waals surface area contributed by atoms with E-state index < -0.39 is 18.6 Å². The zero-order valence-electron chi connectivity index (χ0n) is 19.1. The number of aromatic nitrogens is 3. The summed E-state index contributed by atoms with van der Waals surface area (Å²) in [6, 6.07) is 8.42. The van der Waals surface area contributed by atoms with Crippen molar-refractivity contribution in [1.82, 2.24) is 25.2 Å². The second kappa shape index (κ2) is 10.2. The molecule has 4 aromatic rings. The minimum atomic E-state index is -0.712. The van der Waals surface area contributed by atoms with E-state index in [0.29, 0.717) is 22.4 Å². The average Bonchev–Trinajstić information content (AvgIpc) is 3.48. The molecule has 3 aromatic heterocycles. The molecule has 0 aliphatic rings. The summed E-state index contributed by atoms with van der Waals surface area (Å²) in [6.45, 7) is 2.77. The lowest BCUT2D eigenvalue weighted by molar-refractivity contribution is 0.0928. The third kappa shape index (κ3) is 5.29. The van der Waals surface area contributed by atoms with E-state index in [1.54, 1.807) is 42.8 Å². The molecule has 2 atom stereocenters. The summed E-state index contributed by atoms with van der Waals surface area (Å²) in [5.74, 6) is -1.12. The molecule has 0 aliphatic heterocycles. The fourth-order valence-corrected chi connectivity index (χ4v) is 4.44. The number of anilines is 1. The highest BCUT2D eigenvalue weighted by Crippen LogP contribution is 2.28. The topological polar surface area (TPSA) is 114 Å². The predicted molar refractivity (Wildman–Crippen MR) is 131 cm³/mol. The van der Waals surface area contributed by atoms with Gasteiger partial charge in [0.15, 0.2) is 5.65 Å². The molecule has 4 N–H and O–H groups in total. The normalized spacial score (nSPS) is 12.9. The Balaban J connectivity index is 1.61. The van der Waals surface area contributed by atoms with E-state index in [9.17, 15) is 18.4 Å². The maximum absolute atomic E-state index is 13.3. The Morgan fingerprint density at radius 2 is 1.89 bits per heavy atom. The first kappa shape index (κ1) is 24.3. The molecule has 0 saturated heterocycles. The van der Waals surface area contributed by atoms with Crippen LogP contribution in [0.2, 0.25) is 0 Å². The van der Waals surface area contributed by atoms with Gasteiger partial charge in [-0.2, -0.15) is 4.98 Å². The van der Waals surface area contributed by atoms with Crippen LogP contribution >= 0.6 is 11.3 Å². The van der Waals surface area contributed by atoms with Gasteiger partial charge in [0.05, 0.1) is 22.5 Å². The van der Waals surface area contributed by atoms with Crippen molar-refractivity contribution in [3.8, 4) is 11.1 Å². The van der Waals surface area contributed by atoms with Gasteiger partial charge >= 0.3 is 0 Å². The van der Waals surface area contributed by atoms with E-state index in [-0.39, 0.29) is 34.9 Å². The van der Waals surface area contributed by atoms with Crippen LogP contribution in [-0.2, 0) is 0 Å². The SMILES string of the molecule is CC[C@H](NC(=O)c1cc(-c2cc(C(=O)NC(C)CF)c3nc(N)nn3c2)cs1)c1ccc(F)cc1. The molecule has 0 radical (unpaired) electrons. The zero-order valence-corrected chi connectivity index (χ0v) is 19.9. The summed E-state index contributed by atoms with van der Waals surface area (Å²) in [5.41, 5.74) is 8.28. The molecule has 0 spiro atoms. The quantitative estimate of drug-likeness (QED) is 0.338. The third-order valence-electron chi connectivity index (χ3n) is 5.45. The largest absolute Gasteiger partial charge is 0.366 e. The van der Waals surface area contributed by atoms with Crippen molar-refractivity contribution in [3.05, 3.63) is 69.8 Å². The molecule has 3 heterocycles. The molecule has 182 valence electrons. The van der Waals surface area contributed by atoms with Gasteiger partial charge in [-0.3, -0.25) is 9.59 Å². The molecule has 11 heteroatoms. The second-order valence-corrected chi connectivity index (χ2v) is 9.01. The number of rotatable bonds is 8. The second-order valence-electron chi connectivity index (χ2n) is 8.09. The van der Waals surface area contributed by atoms with Crippen LogP contribution < -0.4 is 16.4 Å². The predicted octanol–water partition coefficient (Wildman–Crippen LogP) is 4.15. The van der Waals surface area contributed by atoms with Gasteiger partial charge in [-0.05, 0) is 54.1 Å². The van der Waals surface area contributed by atoms with E-state index in [2.05, 4.69) is 20.7 Å². The van der Waals surface area contributed by atoms with Crippen LogP contribution in [0.4, 0.5) is 14.7 Å². The summed E-state index contributed by atoms with van der Waals surface area (Å²) < 4.78 is 27.6. The fourth-order valence-electron chi connectivity index (χ4n) is 3.62. The molecule has 1 aromatic carbocycles. The maximum Gasteiger partial charge on any atom is 0.261 e. The molecule has 2 amide bonds. The summed E-state index contributed by atoms with van der Waals surface area (Å²) in [5, 5.41) is 11.4. The maximum atomic E-state index is 13.3. The van der Waals surface area contributed by atoms with Crippen molar-refractivity contribution in [2.75, 3.05) is 12.4 Å². The van der Waals surface area contributed by atoms with Crippen LogP contribution in [0.1, 0.15) is 51.9 Å². The lowest BCUT2D eigenvalue weighted by Gasteiger charge is -2.17. The monoisotopic (exact) mass is 498 g/mol. The van der Waals surface area contributed by atoms with E-state index in [4.69, 9.17) is 5.73 Å². The molecular weight excluding hydrogens is 474 g/mol. The van der Waals surface area contributed by atoms with Crippen LogP contribution in [0.5, 0.6) is 0 Å². The number of nitrogens with one attached hydrogen (secondary N) is 2. The molecular formula is C24H24F2N6O2S. The molecule has 35 heavy (non-hydrogen) atoms. The van der Waals surface area contributed by atoms with Crippen LogP contribution in [-0.4, -0.2) is 39.1 Å². The number of carbonyl (C=O) groups excluding carboxylic acids is 2. The summed E-state index contributed by atoms with van der Waals surface area (Å²) in [6.07, 6.45) is 2.29. The van der Waals surface area contributed by atoms with Gasteiger partial charge in [-0.15, -0.1) is 16.4 Å². The van der Waals surface area contributed by atoms with Crippen molar-refractivity contribution in [2.24, 2.45) is 0 Å². The van der Waals surface area contributed by atoms with E-state index >= 15 is 0 Å². The van der Waals surface area contributed by atoms with Gasteiger partial charge < -0.3 is 16.4 Å². The minimum Gasteiger partial charge on any atom is -0.366 e. The smallest absolute Gasteiger partial charge is 0.261 e. The van der Waals surface area contributed by atoms with E-state index in [1.807, 2.05) is 6.92 Å². The molecule has 1 unspecified atom stereocenters. The number of nitrogens with two attached hydrogens (primary N) is 1. The van der Waals surface area contributed by atoms with E-state index in [1.165, 1.54) is 28.0 Å². The molecule has 0 fully saturated rings. The Labute approximate surface area is 204 Å². The number of fused-ring (bicyclic) bond motifs is 1. The lowest BCUT2D eigenvalue weighted by atomic mass is 10.0. The fraction of sp³-hybridized carbons (Fsp3) is 0.250. The number of hydrogen-bond donors (Lipinski definition) is 3. The summed E-state index contributed by atoms with van der Waals surface area (Å²) >= 11 is 1.25. The Morgan fingerprint density at radius 3 is 2.57 bits per heavy atom. The first-order valence-corrected chi connectivity index (χ1v) is 11.8. The zero-order chi connectivity index (χ0) is 25.1. The van der Waals surface area contributed by atoms with Crippen molar-refractivity contribution in [2.45, 2.75) is 32.4 Å². The van der Waals surface area contributed by atoms with Gasteiger partial charge in [0.2, 0.25) is 5.95 Å². The Hall–Kier alpha value is -3.86. The molecule has 0 aliphatic carbocycles. The van der Waals surface area contributed by atoms with Gasteiger partial charge in [0.25, 0.3) is 11.8 Å². The number of hydrogen-bond acceptors (Lipinski definition) is 6. The Kier molecular flexibility index (Phi) is 7.06. The van der Waals surface area contributed by atoms with E-state index in [0.717, 1.165) is 5.56 Å².